The summed E-state index contributed by atoms with van der Waals surface area (Å²) in [6.07, 6.45) is 8.29. The summed E-state index contributed by atoms with van der Waals surface area (Å²) in [7, 11) is -2.31. The Kier molecular flexibility index (Phi) is 7.72. The summed E-state index contributed by atoms with van der Waals surface area (Å²) < 4.78 is 30.2. The molecular formula is C26H31N9O4S. The molecule has 210 valence electrons. The van der Waals surface area contributed by atoms with Crippen LogP contribution in [0.2, 0.25) is 0 Å². The van der Waals surface area contributed by atoms with Crippen LogP contribution in [-0.4, -0.2) is 50.0 Å². The zero-order valence-corrected chi connectivity index (χ0v) is 23.3. The Hall–Kier alpha value is -4.04. The molecule has 0 spiro atoms. The van der Waals surface area contributed by atoms with Crippen LogP contribution in [-0.2, 0) is 23.1 Å². The lowest BCUT2D eigenvalue weighted by Crippen LogP contribution is -2.30. The van der Waals surface area contributed by atoms with Gasteiger partial charge in [-0.25, -0.2) is 38.5 Å². The molecule has 1 aliphatic rings. The summed E-state index contributed by atoms with van der Waals surface area (Å²) in [6, 6.07) is 2.90. The topological polar surface area (TPSA) is 181 Å². The standard InChI is InChI=1S/C26H31N9O4S/c1-4-15(2)21-20(25(39-3)32-14-31-21)22-30-12-19-24(34-22)35(13-16-6-5-7-16)26(36)23(33-19)29-10-17-8-9-18(11-28-17)40(27,37)38/h8-9,11-12,14-16H,4-7,10,13H2,1-3H3,(H,29,33)(H2,27,37,38). The third-order valence-corrected chi connectivity index (χ3v) is 8.15. The average Bonchev–Trinajstić information content (AvgIpc) is 2.93. The Balaban J connectivity index is 1.56. The molecule has 4 heterocycles. The van der Waals surface area contributed by atoms with Crippen molar-refractivity contribution in [3.8, 4) is 17.3 Å². The van der Waals surface area contributed by atoms with Gasteiger partial charge in [0.1, 0.15) is 22.3 Å². The molecule has 1 fully saturated rings. The number of fused-ring (bicyclic) bond motifs is 1. The van der Waals surface area contributed by atoms with Gasteiger partial charge < -0.3 is 10.1 Å². The molecule has 5 rings (SSSR count). The average molecular weight is 566 g/mol. The highest BCUT2D eigenvalue weighted by Gasteiger charge is 2.25. The fourth-order valence-electron chi connectivity index (χ4n) is 4.55. The molecule has 3 N–H and O–H groups in total. The monoisotopic (exact) mass is 565 g/mol. The van der Waals surface area contributed by atoms with Crippen LogP contribution in [0.25, 0.3) is 22.6 Å². The van der Waals surface area contributed by atoms with Gasteiger partial charge in [0.15, 0.2) is 17.3 Å². The fourth-order valence-corrected chi connectivity index (χ4v) is 5.00. The first-order valence-corrected chi connectivity index (χ1v) is 14.6. The van der Waals surface area contributed by atoms with E-state index in [0.717, 1.165) is 31.4 Å². The van der Waals surface area contributed by atoms with Crippen molar-refractivity contribution in [2.75, 3.05) is 12.4 Å². The van der Waals surface area contributed by atoms with E-state index in [4.69, 9.17) is 14.9 Å². The van der Waals surface area contributed by atoms with Crippen LogP contribution in [0.3, 0.4) is 0 Å². The maximum atomic E-state index is 13.7. The van der Waals surface area contributed by atoms with Gasteiger partial charge in [-0.15, -0.1) is 0 Å². The van der Waals surface area contributed by atoms with E-state index in [1.54, 1.807) is 10.8 Å². The van der Waals surface area contributed by atoms with Gasteiger partial charge >= 0.3 is 0 Å². The van der Waals surface area contributed by atoms with E-state index in [9.17, 15) is 13.2 Å². The van der Waals surface area contributed by atoms with Gasteiger partial charge in [0.05, 0.1) is 31.2 Å². The van der Waals surface area contributed by atoms with Crippen molar-refractivity contribution in [1.82, 2.24) is 34.5 Å². The summed E-state index contributed by atoms with van der Waals surface area (Å²) in [5.41, 5.74) is 2.44. The van der Waals surface area contributed by atoms with Gasteiger partial charge in [0, 0.05) is 12.7 Å². The number of hydrogen-bond acceptors (Lipinski definition) is 11. The Labute approximate surface area is 231 Å². The second kappa shape index (κ2) is 11.2. The molecule has 13 nitrogen and oxygen atoms in total. The fraction of sp³-hybridized carbons (Fsp3) is 0.423. The van der Waals surface area contributed by atoms with Crippen molar-refractivity contribution in [2.24, 2.45) is 11.1 Å². The van der Waals surface area contributed by atoms with Gasteiger partial charge in [-0.05, 0) is 43.2 Å². The lowest BCUT2D eigenvalue weighted by Gasteiger charge is -2.26. The number of pyridine rings is 1. The minimum absolute atomic E-state index is 0.0900. The van der Waals surface area contributed by atoms with E-state index in [-0.39, 0.29) is 28.7 Å². The van der Waals surface area contributed by atoms with Crippen molar-refractivity contribution in [3.63, 3.8) is 0 Å². The van der Waals surface area contributed by atoms with Gasteiger partial charge in [-0.3, -0.25) is 14.3 Å². The van der Waals surface area contributed by atoms with Crippen LogP contribution in [0.4, 0.5) is 5.82 Å². The van der Waals surface area contributed by atoms with Crippen LogP contribution in [0, 0.1) is 5.92 Å². The number of methoxy groups -OCH3 is 1. The minimum Gasteiger partial charge on any atom is -0.480 e. The van der Waals surface area contributed by atoms with E-state index in [2.05, 4.69) is 44.1 Å². The number of nitrogens with two attached hydrogens (primary N) is 1. The zero-order valence-electron chi connectivity index (χ0n) is 22.5. The van der Waals surface area contributed by atoms with Crippen molar-refractivity contribution in [1.29, 1.82) is 0 Å². The molecule has 1 atom stereocenters. The highest BCUT2D eigenvalue weighted by atomic mass is 32.2. The van der Waals surface area contributed by atoms with E-state index in [1.807, 2.05) is 0 Å². The summed E-state index contributed by atoms with van der Waals surface area (Å²) >= 11 is 0. The summed E-state index contributed by atoms with van der Waals surface area (Å²) in [4.78, 5) is 40.4. The number of aromatic nitrogens is 7. The van der Waals surface area contributed by atoms with Gasteiger partial charge in [-0.1, -0.05) is 20.3 Å². The summed E-state index contributed by atoms with van der Waals surface area (Å²) in [5.74, 6) is 1.34. The van der Waals surface area contributed by atoms with Crippen LogP contribution >= 0.6 is 0 Å². The second-order valence-corrected chi connectivity index (χ2v) is 11.5. The molecule has 0 aromatic carbocycles. The van der Waals surface area contributed by atoms with Gasteiger partial charge in [0.2, 0.25) is 15.9 Å². The highest BCUT2D eigenvalue weighted by Crippen LogP contribution is 2.34. The lowest BCUT2D eigenvalue weighted by atomic mass is 9.85. The van der Waals surface area contributed by atoms with Crippen molar-refractivity contribution < 1.29 is 13.2 Å². The maximum Gasteiger partial charge on any atom is 0.294 e. The van der Waals surface area contributed by atoms with Crippen LogP contribution in [0.5, 0.6) is 5.88 Å². The number of anilines is 1. The normalized spacial score (nSPS) is 14.6. The molecule has 40 heavy (non-hydrogen) atoms. The zero-order chi connectivity index (χ0) is 28.4. The Bertz CT molecular complexity index is 1700. The molecule has 4 aromatic rings. The maximum absolute atomic E-state index is 13.7. The van der Waals surface area contributed by atoms with Crippen LogP contribution in [0.15, 0.2) is 40.5 Å². The number of sulfonamides is 1. The van der Waals surface area contributed by atoms with Crippen LogP contribution < -0.4 is 20.8 Å². The molecule has 0 radical (unpaired) electrons. The SMILES string of the molecule is CCC(C)c1ncnc(OC)c1-c1ncc2nc(NCc3ccc(S(N)(=O)=O)cn3)c(=O)n(CC3CCC3)c2n1. The molecule has 0 bridgehead atoms. The first-order valence-electron chi connectivity index (χ1n) is 13.1. The first kappa shape index (κ1) is 27.5. The predicted octanol–water partition coefficient (Wildman–Crippen LogP) is 2.62. The van der Waals surface area contributed by atoms with Crippen molar-refractivity contribution in [2.45, 2.75) is 63.4 Å². The summed E-state index contributed by atoms with van der Waals surface area (Å²) in [6.45, 7) is 4.79. The number of nitrogens with one attached hydrogen (secondary N) is 1. The Morgan fingerprint density at radius 2 is 1.95 bits per heavy atom. The van der Waals surface area contributed by atoms with E-state index >= 15 is 0 Å². The molecule has 1 aliphatic carbocycles. The highest BCUT2D eigenvalue weighted by molar-refractivity contribution is 7.89. The number of ether oxygens (including phenoxy) is 1. The van der Waals surface area contributed by atoms with Crippen molar-refractivity contribution in [3.05, 3.63) is 52.6 Å². The molecular weight excluding hydrogens is 534 g/mol. The molecule has 0 amide bonds. The third-order valence-electron chi connectivity index (χ3n) is 7.25. The number of primary sulfonamides is 1. The number of nitrogens with zero attached hydrogens (tertiary/aromatic N) is 7. The molecule has 14 heteroatoms. The molecule has 1 saturated carbocycles. The Morgan fingerprint density at radius 3 is 2.58 bits per heavy atom. The number of hydrogen-bond donors (Lipinski definition) is 2. The number of rotatable bonds is 10. The predicted molar refractivity (Wildman–Crippen MR) is 148 cm³/mol. The summed E-state index contributed by atoms with van der Waals surface area (Å²) in [5, 5.41) is 8.19. The van der Waals surface area contributed by atoms with Crippen molar-refractivity contribution >= 4 is 27.0 Å². The molecule has 4 aromatic heterocycles. The first-order chi connectivity index (χ1) is 19.2. The molecule has 1 unspecified atom stereocenters. The van der Waals surface area contributed by atoms with E-state index in [0.29, 0.717) is 46.6 Å². The second-order valence-electron chi connectivity index (χ2n) is 9.91. The minimum atomic E-state index is -3.85. The van der Waals surface area contributed by atoms with E-state index < -0.39 is 10.0 Å². The Morgan fingerprint density at radius 1 is 1.15 bits per heavy atom. The van der Waals surface area contributed by atoms with Gasteiger partial charge in [-0.2, -0.15) is 0 Å². The van der Waals surface area contributed by atoms with E-state index in [1.165, 1.54) is 31.8 Å². The lowest BCUT2D eigenvalue weighted by molar-refractivity contribution is 0.276. The van der Waals surface area contributed by atoms with Crippen LogP contribution in [0.1, 0.15) is 56.8 Å². The largest absolute Gasteiger partial charge is 0.480 e. The smallest absolute Gasteiger partial charge is 0.294 e. The third kappa shape index (κ3) is 5.49. The molecule has 0 saturated heterocycles. The molecule has 0 aliphatic heterocycles. The van der Waals surface area contributed by atoms with Gasteiger partial charge in [0.25, 0.3) is 5.56 Å². The quantitative estimate of drug-likeness (QED) is 0.288.